The van der Waals surface area contributed by atoms with Crippen molar-refractivity contribution in [2.24, 2.45) is 13.0 Å². The number of carbonyl (C=O) groups excluding carboxylic acids is 1. The van der Waals surface area contributed by atoms with Gasteiger partial charge in [0.25, 0.3) is 5.91 Å². The van der Waals surface area contributed by atoms with E-state index in [-0.39, 0.29) is 5.91 Å². The van der Waals surface area contributed by atoms with Gasteiger partial charge in [-0.05, 0) is 18.8 Å². The number of nitrogen functional groups attached to an aromatic ring is 1. The predicted octanol–water partition coefficient (Wildman–Crippen LogP) is 0.874. The molecule has 1 aromatic rings. The lowest BCUT2D eigenvalue weighted by atomic mass is 9.85. The van der Waals surface area contributed by atoms with Crippen molar-refractivity contribution < 1.29 is 4.79 Å². The monoisotopic (exact) mass is 222 g/mol. The maximum atomic E-state index is 12.0. The van der Waals surface area contributed by atoms with Gasteiger partial charge in [0, 0.05) is 26.8 Å². The molecule has 5 nitrogen and oxygen atoms in total. The highest BCUT2D eigenvalue weighted by Gasteiger charge is 2.24. The molecule has 1 amide bonds. The van der Waals surface area contributed by atoms with E-state index in [0.717, 1.165) is 6.54 Å². The van der Waals surface area contributed by atoms with E-state index in [9.17, 15) is 4.79 Å². The van der Waals surface area contributed by atoms with Gasteiger partial charge in [0.1, 0.15) is 0 Å². The zero-order chi connectivity index (χ0) is 11.7. The first-order valence-electron chi connectivity index (χ1n) is 5.62. The average molecular weight is 222 g/mol. The Balaban J connectivity index is 2.02. The van der Waals surface area contributed by atoms with Crippen LogP contribution in [0.15, 0.2) is 6.20 Å². The fourth-order valence-corrected chi connectivity index (χ4v) is 2.00. The summed E-state index contributed by atoms with van der Waals surface area (Å²) in [5.74, 6) is 0.587. The summed E-state index contributed by atoms with van der Waals surface area (Å²) in [6, 6.07) is 0. The molecule has 1 heterocycles. The fraction of sp³-hybridized carbons (Fsp3) is 0.636. The highest BCUT2D eigenvalue weighted by Crippen LogP contribution is 2.27. The first kappa shape index (κ1) is 11.0. The Morgan fingerprint density at radius 3 is 2.81 bits per heavy atom. The van der Waals surface area contributed by atoms with Crippen molar-refractivity contribution in [3.63, 3.8) is 0 Å². The van der Waals surface area contributed by atoms with Gasteiger partial charge in [0.05, 0.1) is 5.69 Å². The van der Waals surface area contributed by atoms with E-state index >= 15 is 0 Å². The third-order valence-corrected chi connectivity index (χ3v) is 3.16. The van der Waals surface area contributed by atoms with Gasteiger partial charge in [0.15, 0.2) is 5.69 Å². The van der Waals surface area contributed by atoms with Crippen LogP contribution in [0.3, 0.4) is 0 Å². The molecule has 16 heavy (non-hydrogen) atoms. The molecule has 1 aromatic heterocycles. The lowest BCUT2D eigenvalue weighted by Crippen LogP contribution is -2.34. The lowest BCUT2D eigenvalue weighted by Gasteiger charge is -2.29. The molecule has 0 saturated heterocycles. The first-order chi connectivity index (χ1) is 7.58. The third-order valence-electron chi connectivity index (χ3n) is 3.16. The van der Waals surface area contributed by atoms with E-state index < -0.39 is 0 Å². The molecule has 1 saturated carbocycles. The molecule has 0 spiro atoms. The molecule has 0 atom stereocenters. The number of nitrogens with two attached hydrogens (primary N) is 1. The molecule has 0 bridgehead atoms. The Morgan fingerprint density at radius 1 is 1.69 bits per heavy atom. The number of hydrogen-bond acceptors (Lipinski definition) is 3. The fourth-order valence-electron chi connectivity index (χ4n) is 2.00. The highest BCUT2D eigenvalue weighted by molar-refractivity contribution is 5.96. The summed E-state index contributed by atoms with van der Waals surface area (Å²) in [6.45, 7) is 0.814. The van der Waals surface area contributed by atoms with E-state index in [1.165, 1.54) is 19.3 Å². The number of aryl methyl sites for hydroxylation is 1. The van der Waals surface area contributed by atoms with Crippen LogP contribution >= 0.6 is 0 Å². The van der Waals surface area contributed by atoms with Crippen molar-refractivity contribution in [2.45, 2.75) is 19.3 Å². The van der Waals surface area contributed by atoms with E-state index in [4.69, 9.17) is 5.73 Å². The summed E-state index contributed by atoms with van der Waals surface area (Å²) in [4.78, 5) is 13.7. The van der Waals surface area contributed by atoms with Crippen molar-refractivity contribution in [3.05, 3.63) is 11.9 Å². The van der Waals surface area contributed by atoms with E-state index in [0.29, 0.717) is 17.3 Å². The normalized spacial score (nSPS) is 15.9. The second-order valence-electron chi connectivity index (χ2n) is 4.59. The third kappa shape index (κ3) is 2.03. The molecule has 1 aliphatic rings. The van der Waals surface area contributed by atoms with Crippen molar-refractivity contribution in [3.8, 4) is 0 Å². The summed E-state index contributed by atoms with van der Waals surface area (Å²) in [7, 11) is 3.58. The highest BCUT2D eigenvalue weighted by atomic mass is 16.2. The van der Waals surface area contributed by atoms with Gasteiger partial charge in [-0.2, -0.15) is 5.10 Å². The molecule has 2 rings (SSSR count). The number of rotatable bonds is 3. The topological polar surface area (TPSA) is 64.2 Å². The number of nitrogens with zero attached hydrogens (tertiary/aromatic N) is 3. The number of hydrogen-bond donors (Lipinski definition) is 1. The van der Waals surface area contributed by atoms with Crippen LogP contribution < -0.4 is 5.73 Å². The molecule has 2 N–H and O–H groups in total. The molecule has 0 aliphatic heterocycles. The maximum Gasteiger partial charge on any atom is 0.276 e. The van der Waals surface area contributed by atoms with Crippen molar-refractivity contribution in [1.29, 1.82) is 0 Å². The van der Waals surface area contributed by atoms with Crippen molar-refractivity contribution in [1.82, 2.24) is 14.7 Å². The van der Waals surface area contributed by atoms with Crippen LogP contribution in [0.1, 0.15) is 29.8 Å². The summed E-state index contributed by atoms with van der Waals surface area (Å²) in [5.41, 5.74) is 6.54. The zero-order valence-electron chi connectivity index (χ0n) is 9.81. The molecule has 88 valence electrons. The van der Waals surface area contributed by atoms with Gasteiger partial charge in [-0.15, -0.1) is 0 Å². The summed E-state index contributed by atoms with van der Waals surface area (Å²) in [6.07, 6.45) is 5.41. The number of amides is 1. The van der Waals surface area contributed by atoms with Crippen LogP contribution in [0.4, 0.5) is 5.69 Å². The SMILES string of the molecule is CN(CC1CCC1)C(=O)c1nn(C)cc1N. The number of aromatic nitrogens is 2. The first-order valence-corrected chi connectivity index (χ1v) is 5.62. The Hall–Kier alpha value is -1.52. The van der Waals surface area contributed by atoms with E-state index in [1.807, 2.05) is 7.05 Å². The smallest absolute Gasteiger partial charge is 0.276 e. The minimum absolute atomic E-state index is 0.0787. The Morgan fingerprint density at radius 2 is 2.38 bits per heavy atom. The molecule has 1 aliphatic carbocycles. The van der Waals surface area contributed by atoms with E-state index in [1.54, 1.807) is 22.8 Å². The predicted molar refractivity (Wildman–Crippen MR) is 61.9 cm³/mol. The second kappa shape index (κ2) is 4.15. The van der Waals surface area contributed by atoms with Gasteiger partial charge in [0.2, 0.25) is 0 Å². The molecule has 0 unspecified atom stereocenters. The second-order valence-corrected chi connectivity index (χ2v) is 4.59. The molecular weight excluding hydrogens is 204 g/mol. The molecule has 1 fully saturated rings. The van der Waals surface area contributed by atoms with Gasteiger partial charge in [-0.1, -0.05) is 6.42 Å². The van der Waals surface area contributed by atoms with E-state index in [2.05, 4.69) is 5.10 Å². The van der Waals surface area contributed by atoms with Crippen molar-refractivity contribution in [2.75, 3.05) is 19.3 Å². The van der Waals surface area contributed by atoms with Crippen LogP contribution in [0, 0.1) is 5.92 Å². The average Bonchev–Trinajstić information content (AvgIpc) is 2.50. The Labute approximate surface area is 95.2 Å². The van der Waals surface area contributed by atoms with Crippen LogP contribution in [0.5, 0.6) is 0 Å². The van der Waals surface area contributed by atoms with Gasteiger partial charge < -0.3 is 10.6 Å². The summed E-state index contributed by atoms with van der Waals surface area (Å²) in [5, 5.41) is 4.08. The van der Waals surface area contributed by atoms with Gasteiger partial charge in [-0.25, -0.2) is 0 Å². The maximum absolute atomic E-state index is 12.0. The van der Waals surface area contributed by atoms with Crippen molar-refractivity contribution >= 4 is 11.6 Å². The number of carbonyl (C=O) groups is 1. The van der Waals surface area contributed by atoms with Crippen LogP contribution in [0.25, 0.3) is 0 Å². The largest absolute Gasteiger partial charge is 0.396 e. The van der Waals surface area contributed by atoms with Crippen LogP contribution in [-0.2, 0) is 7.05 Å². The minimum atomic E-state index is -0.0787. The zero-order valence-corrected chi connectivity index (χ0v) is 9.81. The minimum Gasteiger partial charge on any atom is -0.396 e. The van der Waals surface area contributed by atoms with Crippen LogP contribution in [0.2, 0.25) is 0 Å². The van der Waals surface area contributed by atoms with Gasteiger partial charge >= 0.3 is 0 Å². The Kier molecular flexibility index (Phi) is 2.85. The summed E-state index contributed by atoms with van der Waals surface area (Å²) < 4.78 is 1.57. The summed E-state index contributed by atoms with van der Waals surface area (Å²) >= 11 is 0. The van der Waals surface area contributed by atoms with Gasteiger partial charge in [-0.3, -0.25) is 9.48 Å². The van der Waals surface area contributed by atoms with Crippen LogP contribution in [-0.4, -0.2) is 34.2 Å². The molecular formula is C11H18N4O. The molecule has 0 aromatic carbocycles. The molecule has 5 heteroatoms. The quantitative estimate of drug-likeness (QED) is 0.825. The number of anilines is 1. The molecule has 0 radical (unpaired) electrons. The standard InChI is InChI=1S/C11H18N4O/c1-14(6-8-4-3-5-8)11(16)10-9(12)7-15(2)13-10/h7-8H,3-6,12H2,1-2H3. The Bertz CT molecular complexity index is 395. The lowest BCUT2D eigenvalue weighted by molar-refractivity contribution is 0.0739.